The predicted octanol–water partition coefficient (Wildman–Crippen LogP) is -0.302. The van der Waals surface area contributed by atoms with Gasteiger partial charge in [-0.25, -0.2) is 4.98 Å². The van der Waals surface area contributed by atoms with Gasteiger partial charge in [0, 0.05) is 24.2 Å². The third kappa shape index (κ3) is 0.934. The lowest BCUT2D eigenvalue weighted by Crippen LogP contribution is -2.22. The number of aromatic carboxylic acids is 1. The van der Waals surface area contributed by atoms with Crippen LogP contribution in [0.15, 0.2) is 30.7 Å². The summed E-state index contributed by atoms with van der Waals surface area (Å²) in [5.74, 6) is -1.18. The highest BCUT2D eigenvalue weighted by molar-refractivity contribution is 5.85. The summed E-state index contributed by atoms with van der Waals surface area (Å²) in [6.07, 6.45) is 4.76. The molecule has 60 valence electrons. The number of hydrogen-bond donors (Lipinski definition) is 0. The fraction of sp³-hybridized carbons (Fsp3) is 0. The molecule has 0 bridgehead atoms. The molecule has 0 N–H and O–H groups in total. The van der Waals surface area contributed by atoms with Crippen LogP contribution in [0, 0.1) is 0 Å². The second kappa shape index (κ2) is 2.34. The van der Waals surface area contributed by atoms with Crippen molar-refractivity contribution in [3.8, 4) is 0 Å². The van der Waals surface area contributed by atoms with E-state index in [0.29, 0.717) is 0 Å². The van der Waals surface area contributed by atoms with E-state index < -0.39 is 5.97 Å². The first kappa shape index (κ1) is 6.84. The minimum Gasteiger partial charge on any atom is -0.545 e. The zero-order valence-electron chi connectivity index (χ0n) is 6.10. The van der Waals surface area contributed by atoms with Gasteiger partial charge in [0.05, 0.1) is 5.97 Å². The first-order valence-electron chi connectivity index (χ1n) is 3.41. The minimum absolute atomic E-state index is 0.153. The van der Waals surface area contributed by atoms with Gasteiger partial charge in [-0.15, -0.1) is 0 Å². The lowest BCUT2D eigenvalue weighted by atomic mass is 10.3. The molecular weight excluding hydrogens is 156 g/mol. The van der Waals surface area contributed by atoms with Crippen molar-refractivity contribution in [3.63, 3.8) is 0 Å². The quantitative estimate of drug-likeness (QED) is 0.576. The van der Waals surface area contributed by atoms with Crippen molar-refractivity contribution < 1.29 is 9.90 Å². The minimum atomic E-state index is -1.18. The molecule has 2 aromatic rings. The van der Waals surface area contributed by atoms with Gasteiger partial charge in [0.15, 0.2) is 0 Å². The van der Waals surface area contributed by atoms with Crippen molar-refractivity contribution in [3.05, 3.63) is 36.3 Å². The predicted molar refractivity (Wildman–Crippen MR) is 39.5 cm³/mol. The highest BCUT2D eigenvalue weighted by Crippen LogP contribution is 2.03. The third-order valence-electron chi connectivity index (χ3n) is 1.62. The monoisotopic (exact) mass is 161 g/mol. The summed E-state index contributed by atoms with van der Waals surface area (Å²) in [5, 5.41) is 10.4. The van der Waals surface area contributed by atoms with Crippen LogP contribution in [-0.2, 0) is 0 Å². The molecule has 2 heterocycles. The molecule has 0 aliphatic rings. The van der Waals surface area contributed by atoms with Gasteiger partial charge in [0.1, 0.15) is 5.65 Å². The first-order valence-corrected chi connectivity index (χ1v) is 3.41. The third-order valence-corrected chi connectivity index (χ3v) is 1.62. The average molecular weight is 161 g/mol. The number of rotatable bonds is 1. The maximum Gasteiger partial charge on any atom is 0.136 e. The number of carboxylic acid groups (broad SMARTS) is 1. The molecule has 4 nitrogen and oxygen atoms in total. The summed E-state index contributed by atoms with van der Waals surface area (Å²) < 4.78 is 1.63. The molecule has 0 saturated carbocycles. The summed E-state index contributed by atoms with van der Waals surface area (Å²) in [7, 11) is 0. The molecule has 0 unspecified atom stereocenters. The number of carbonyl (C=O) groups is 1. The first-order chi connectivity index (χ1) is 5.77. The Balaban J connectivity index is 2.68. The summed E-state index contributed by atoms with van der Waals surface area (Å²) in [6, 6.07) is 3.10. The van der Waals surface area contributed by atoms with Gasteiger partial charge in [-0.2, -0.15) is 0 Å². The maximum atomic E-state index is 10.4. The van der Waals surface area contributed by atoms with Gasteiger partial charge in [0.2, 0.25) is 0 Å². The molecule has 2 aromatic heterocycles. The summed E-state index contributed by atoms with van der Waals surface area (Å²) in [5.41, 5.74) is 0.875. The van der Waals surface area contributed by atoms with Crippen molar-refractivity contribution >= 4 is 11.6 Å². The Morgan fingerprint density at radius 1 is 1.50 bits per heavy atom. The van der Waals surface area contributed by atoms with E-state index in [2.05, 4.69) is 4.98 Å². The van der Waals surface area contributed by atoms with E-state index in [1.165, 1.54) is 12.3 Å². The Kier molecular flexibility index (Phi) is 1.33. The molecule has 0 aliphatic carbocycles. The Hall–Kier alpha value is -1.84. The fourth-order valence-corrected chi connectivity index (χ4v) is 1.04. The number of pyridine rings is 1. The highest BCUT2D eigenvalue weighted by atomic mass is 16.4. The van der Waals surface area contributed by atoms with Gasteiger partial charge < -0.3 is 14.3 Å². The standard InChI is InChI=1S/C8H6N2O2/c11-8(12)6-1-2-7-9-3-4-10(7)5-6/h1-5H,(H,11,12)/p-1. The van der Waals surface area contributed by atoms with Gasteiger partial charge in [0.25, 0.3) is 0 Å². The van der Waals surface area contributed by atoms with Crippen LogP contribution < -0.4 is 5.11 Å². The van der Waals surface area contributed by atoms with Gasteiger partial charge >= 0.3 is 0 Å². The highest BCUT2D eigenvalue weighted by Gasteiger charge is 1.95. The van der Waals surface area contributed by atoms with E-state index >= 15 is 0 Å². The molecule has 2 rings (SSSR count). The van der Waals surface area contributed by atoms with Crippen LogP contribution in [0.2, 0.25) is 0 Å². The number of fused-ring (bicyclic) bond motifs is 1. The number of hydrogen-bond acceptors (Lipinski definition) is 3. The van der Waals surface area contributed by atoms with Crippen LogP contribution in [0.25, 0.3) is 5.65 Å². The smallest absolute Gasteiger partial charge is 0.136 e. The molecule has 0 saturated heterocycles. The van der Waals surface area contributed by atoms with Gasteiger partial charge in [-0.3, -0.25) is 0 Å². The topological polar surface area (TPSA) is 57.4 Å². The lowest BCUT2D eigenvalue weighted by molar-refractivity contribution is -0.255. The Bertz CT molecular complexity index is 433. The molecular formula is C8H5N2O2-. The number of aromatic nitrogens is 2. The van der Waals surface area contributed by atoms with Crippen molar-refractivity contribution in [1.82, 2.24) is 9.38 Å². The molecule has 0 spiro atoms. The maximum absolute atomic E-state index is 10.4. The molecule has 12 heavy (non-hydrogen) atoms. The Morgan fingerprint density at radius 3 is 3.08 bits per heavy atom. The van der Waals surface area contributed by atoms with E-state index in [1.807, 2.05) is 0 Å². The molecule has 0 aromatic carbocycles. The molecule has 0 fully saturated rings. The van der Waals surface area contributed by atoms with Crippen molar-refractivity contribution in [2.24, 2.45) is 0 Å². The summed E-state index contributed by atoms with van der Waals surface area (Å²) in [4.78, 5) is 14.4. The molecule has 4 heteroatoms. The van der Waals surface area contributed by atoms with E-state index in [-0.39, 0.29) is 5.56 Å². The van der Waals surface area contributed by atoms with Crippen LogP contribution in [0.4, 0.5) is 0 Å². The van der Waals surface area contributed by atoms with E-state index in [0.717, 1.165) is 5.65 Å². The molecule has 0 atom stereocenters. The van der Waals surface area contributed by atoms with Crippen LogP contribution in [-0.4, -0.2) is 15.4 Å². The largest absolute Gasteiger partial charge is 0.545 e. The second-order valence-corrected chi connectivity index (χ2v) is 2.40. The Morgan fingerprint density at radius 2 is 2.33 bits per heavy atom. The normalized spacial score (nSPS) is 10.3. The number of imidazole rings is 1. The SMILES string of the molecule is O=C([O-])c1ccc2nccn2c1. The molecule has 0 aliphatic heterocycles. The molecule has 0 amide bonds. The van der Waals surface area contributed by atoms with E-state index in [4.69, 9.17) is 0 Å². The molecule has 0 radical (unpaired) electrons. The number of carbonyl (C=O) groups excluding carboxylic acids is 1. The van der Waals surface area contributed by atoms with Gasteiger partial charge in [-0.05, 0) is 12.1 Å². The summed E-state index contributed by atoms with van der Waals surface area (Å²) in [6.45, 7) is 0. The number of nitrogens with zero attached hydrogens (tertiary/aromatic N) is 2. The van der Waals surface area contributed by atoms with Crippen LogP contribution in [0.3, 0.4) is 0 Å². The number of carboxylic acids is 1. The zero-order valence-corrected chi connectivity index (χ0v) is 6.10. The van der Waals surface area contributed by atoms with Crippen molar-refractivity contribution in [2.45, 2.75) is 0 Å². The second-order valence-electron chi connectivity index (χ2n) is 2.40. The van der Waals surface area contributed by atoms with Crippen molar-refractivity contribution in [2.75, 3.05) is 0 Å². The Labute approximate surface area is 68.1 Å². The van der Waals surface area contributed by atoms with E-state index in [9.17, 15) is 9.90 Å². The van der Waals surface area contributed by atoms with Crippen LogP contribution in [0.1, 0.15) is 10.4 Å². The fourth-order valence-electron chi connectivity index (χ4n) is 1.04. The van der Waals surface area contributed by atoms with Crippen LogP contribution in [0.5, 0.6) is 0 Å². The van der Waals surface area contributed by atoms with Gasteiger partial charge in [-0.1, -0.05) is 0 Å². The van der Waals surface area contributed by atoms with Crippen molar-refractivity contribution in [1.29, 1.82) is 0 Å². The average Bonchev–Trinajstić information content (AvgIpc) is 2.49. The van der Waals surface area contributed by atoms with Crippen LogP contribution >= 0.6 is 0 Å². The lowest BCUT2D eigenvalue weighted by Gasteiger charge is -2.01. The van der Waals surface area contributed by atoms with E-state index in [1.54, 1.807) is 22.9 Å². The zero-order chi connectivity index (χ0) is 8.55. The summed E-state index contributed by atoms with van der Waals surface area (Å²) >= 11 is 0.